The van der Waals surface area contributed by atoms with Crippen LogP contribution in [0.15, 0.2) is 42.9 Å². The summed E-state index contributed by atoms with van der Waals surface area (Å²) in [5, 5.41) is 30.8. The molecular weight excluding hydrogens is 823 g/mol. The van der Waals surface area contributed by atoms with E-state index in [9.17, 15) is 14.7 Å². The fourth-order valence-electron chi connectivity index (χ4n) is 10.2. The number of nitrogens with one attached hydrogen (secondary N) is 2. The van der Waals surface area contributed by atoms with Crippen LogP contribution in [-0.2, 0) is 46.2 Å². The van der Waals surface area contributed by atoms with E-state index < -0.39 is 71.5 Å². The minimum absolute atomic E-state index is 0.000730. The fraction of sp³-hybridized carbons (Fsp3) is 0.696. The number of aryl methyl sites for hydroxylation is 1. The first-order valence-corrected chi connectivity index (χ1v) is 22.8. The second kappa shape index (κ2) is 20.8. The Kier molecular flexibility index (Phi) is 15.9. The molecule has 1 amide bonds. The van der Waals surface area contributed by atoms with Crippen molar-refractivity contribution in [2.75, 3.05) is 40.0 Å². The Morgan fingerprint density at radius 1 is 1.09 bits per heavy atom. The first-order valence-electron chi connectivity index (χ1n) is 22.8. The highest BCUT2D eigenvalue weighted by atomic mass is 16.7. The molecule has 13 atom stereocenters. The van der Waals surface area contributed by atoms with Crippen molar-refractivity contribution in [1.29, 1.82) is 0 Å². The van der Waals surface area contributed by atoms with Crippen LogP contribution in [0.25, 0.3) is 11.3 Å². The normalized spacial score (nSPS) is 34.5. The first-order chi connectivity index (χ1) is 30.4. The highest BCUT2D eigenvalue weighted by molar-refractivity contribution is 6.00. The van der Waals surface area contributed by atoms with E-state index in [1.54, 1.807) is 36.0 Å². The number of cyclic esters (lactones) is 1. The van der Waals surface area contributed by atoms with E-state index in [-0.39, 0.29) is 30.5 Å². The number of methoxy groups -OCH3 is 1. The first kappa shape index (κ1) is 49.0. The Hall–Kier alpha value is -4.46. The molecule has 5 N–H and O–H groups in total. The van der Waals surface area contributed by atoms with Crippen LogP contribution in [0.2, 0.25) is 0 Å². The number of nitrogens with zero attached hydrogens (tertiary/aromatic N) is 6. The zero-order valence-electron chi connectivity index (χ0n) is 39.2. The van der Waals surface area contributed by atoms with E-state index in [2.05, 4.69) is 32.7 Å². The second-order valence-corrected chi connectivity index (χ2v) is 18.9. The van der Waals surface area contributed by atoms with Gasteiger partial charge in [-0.1, -0.05) is 38.1 Å². The molecule has 3 aromatic rings. The fourth-order valence-corrected chi connectivity index (χ4v) is 10.2. The summed E-state index contributed by atoms with van der Waals surface area (Å²) in [6.07, 6.45) is 3.05. The van der Waals surface area contributed by atoms with Gasteiger partial charge in [-0.05, 0) is 110 Å². The minimum Gasteiger partial charge on any atom is -0.457 e. The average Bonchev–Trinajstić information content (AvgIpc) is 4.01. The zero-order chi connectivity index (χ0) is 46.5. The highest BCUT2D eigenvalue weighted by Gasteiger charge is 2.59. The zero-order valence-corrected chi connectivity index (χ0v) is 39.2. The molecule has 2 aromatic heterocycles. The van der Waals surface area contributed by atoms with Gasteiger partial charge in [0, 0.05) is 55.6 Å². The number of aromatic amines is 1. The monoisotopic (exact) mass is 894 g/mol. The molecule has 3 fully saturated rings. The van der Waals surface area contributed by atoms with Crippen molar-refractivity contribution in [3.05, 3.63) is 48.4 Å². The Labute approximate surface area is 377 Å². The van der Waals surface area contributed by atoms with Crippen LogP contribution in [0.4, 0.5) is 10.5 Å². The number of hydrogen-bond acceptors (Lipinski definition) is 15. The average molecular weight is 894 g/mol. The molecular formula is C46H71N9O9. The van der Waals surface area contributed by atoms with Gasteiger partial charge in [0.15, 0.2) is 17.7 Å². The lowest BCUT2D eigenvalue weighted by molar-refractivity contribution is -0.295. The Morgan fingerprint density at radius 2 is 1.84 bits per heavy atom. The predicted octanol–water partition coefficient (Wildman–Crippen LogP) is 4.23. The molecule has 0 aliphatic carbocycles. The number of benzene rings is 1. The smallest absolute Gasteiger partial charge is 0.410 e. The Balaban J connectivity index is 1.29. The number of aliphatic hydroxyl groups is 1. The number of carbonyl (C=O) groups is 3. The molecule has 6 rings (SSSR count). The number of aliphatic hydroxyl groups excluding tert-OH is 1. The lowest BCUT2D eigenvalue weighted by atomic mass is 9.77. The number of aromatic nitrogens is 5. The van der Waals surface area contributed by atoms with Gasteiger partial charge in [0.25, 0.3) is 0 Å². The molecule has 354 valence electrons. The van der Waals surface area contributed by atoms with Crippen molar-refractivity contribution in [3.63, 3.8) is 0 Å². The summed E-state index contributed by atoms with van der Waals surface area (Å²) in [5.41, 5.74) is 6.48. The summed E-state index contributed by atoms with van der Waals surface area (Å²) < 4.78 is 33.9. The van der Waals surface area contributed by atoms with Gasteiger partial charge in [0.1, 0.15) is 23.8 Å². The highest BCUT2D eigenvalue weighted by Crippen LogP contribution is 2.40. The van der Waals surface area contributed by atoms with Crippen LogP contribution in [0.1, 0.15) is 86.1 Å². The van der Waals surface area contributed by atoms with Gasteiger partial charge in [-0.15, -0.1) is 5.10 Å². The van der Waals surface area contributed by atoms with Crippen LogP contribution < -0.4 is 11.1 Å². The Bertz CT molecular complexity index is 2020. The molecule has 3 aliphatic heterocycles. The lowest BCUT2D eigenvalue weighted by Crippen LogP contribution is -2.61. The van der Waals surface area contributed by atoms with Crippen LogP contribution in [0.3, 0.4) is 0 Å². The van der Waals surface area contributed by atoms with Crippen molar-refractivity contribution in [2.45, 2.75) is 154 Å². The van der Waals surface area contributed by atoms with Crippen LogP contribution in [0, 0.1) is 17.8 Å². The Morgan fingerprint density at radius 3 is 2.52 bits per heavy atom. The molecule has 3 unspecified atom stereocenters. The number of ether oxygens (including phenoxy) is 5. The van der Waals surface area contributed by atoms with E-state index in [1.807, 2.05) is 84.1 Å². The van der Waals surface area contributed by atoms with E-state index in [0.717, 1.165) is 11.3 Å². The topological polar surface area (TPSA) is 222 Å². The lowest BCUT2D eigenvalue weighted by Gasteiger charge is -2.46. The standard InChI is InChI=1S/C46H71N9O9/c1-11-37-46(7)40(55(44(59)64-46)18-13-12-17-54-26-35(51-52-54)32-15-14-16-33(47)21-32)30(5)48-23-27(2)22-45(6,60-10)41(63-43-39(57)36(53(8)9)19-28(3)61-43)29(4)38(56)34(42(58)62-37)20-31-24-49-50-25-31/h14-16,21,24-30,34,36-37,39-41,43,48,57H,11-13,17-20,22-23,47H2,1-10H3,(H,49,50)/t27-,28?,29+,30-,34-,36?,37-,39?,40-,41-,43+,45-,46-/m1/s1. The third kappa shape index (κ3) is 10.8. The van der Waals surface area contributed by atoms with Gasteiger partial charge in [-0.3, -0.25) is 24.3 Å². The molecule has 0 saturated carbocycles. The summed E-state index contributed by atoms with van der Waals surface area (Å²) in [7, 11) is 5.39. The summed E-state index contributed by atoms with van der Waals surface area (Å²) in [4.78, 5) is 47.5. The van der Waals surface area contributed by atoms with Gasteiger partial charge in [-0.25, -0.2) is 4.79 Å². The largest absolute Gasteiger partial charge is 0.457 e. The van der Waals surface area contributed by atoms with E-state index in [4.69, 9.17) is 29.4 Å². The number of nitrogen functional groups attached to an aromatic ring is 1. The van der Waals surface area contributed by atoms with Gasteiger partial charge >= 0.3 is 12.1 Å². The van der Waals surface area contributed by atoms with E-state index in [0.29, 0.717) is 63.0 Å². The molecule has 5 heterocycles. The number of likely N-dealkylation sites (N-methyl/N-ethyl adjacent to an activating group) is 1. The molecule has 64 heavy (non-hydrogen) atoms. The number of carbonyl (C=O) groups excluding carboxylic acids is 3. The molecule has 3 saturated heterocycles. The molecule has 18 nitrogen and oxygen atoms in total. The maximum absolute atomic E-state index is 15.1. The quantitative estimate of drug-likeness (QED) is 0.0817. The summed E-state index contributed by atoms with van der Waals surface area (Å²) in [6, 6.07) is 6.35. The number of hydrogen-bond donors (Lipinski definition) is 4. The predicted molar refractivity (Wildman–Crippen MR) is 239 cm³/mol. The number of fused-ring (bicyclic) bond motifs is 1. The molecule has 0 bridgehead atoms. The minimum atomic E-state index is -1.29. The number of Topliss-reactive ketones (excluding diaryl/α,β-unsaturated/α-hetero) is 1. The number of anilines is 1. The molecule has 0 radical (unpaired) electrons. The van der Waals surface area contributed by atoms with Gasteiger partial charge < -0.3 is 44.7 Å². The van der Waals surface area contributed by atoms with Crippen molar-refractivity contribution in [3.8, 4) is 11.3 Å². The van der Waals surface area contributed by atoms with Gasteiger partial charge in [0.2, 0.25) is 0 Å². The number of H-pyrrole nitrogens is 1. The van der Waals surface area contributed by atoms with Crippen molar-refractivity contribution in [2.24, 2.45) is 17.8 Å². The number of ketones is 1. The second-order valence-electron chi connectivity index (χ2n) is 18.9. The number of unbranched alkanes of at least 4 members (excludes halogenated alkanes) is 1. The SMILES string of the molecule is CC[C@H]1OC(=O)[C@H](Cc2cn[nH]c2)C(=O)[C@H](C)[C@@H](O[C@@H]2OC(C)CC(N(C)C)C2O)[C@](C)(OC)C[C@@H](C)CN[C@H](C)[C@H]2N(CCCCn3cc(-c4cccc(N)c4)nn3)C(=O)O[C@]12C. The maximum Gasteiger partial charge on any atom is 0.410 e. The van der Waals surface area contributed by atoms with Crippen LogP contribution in [-0.4, -0.2) is 152 Å². The number of amides is 1. The summed E-state index contributed by atoms with van der Waals surface area (Å²) in [5.74, 6) is -3.44. The number of nitrogens with two attached hydrogens (primary N) is 1. The van der Waals surface area contributed by atoms with Crippen molar-refractivity contribution < 1.29 is 43.2 Å². The van der Waals surface area contributed by atoms with Crippen molar-refractivity contribution in [1.82, 2.24) is 40.3 Å². The molecule has 0 spiro atoms. The van der Waals surface area contributed by atoms with Crippen LogP contribution in [0.5, 0.6) is 0 Å². The van der Waals surface area contributed by atoms with Crippen LogP contribution >= 0.6 is 0 Å². The van der Waals surface area contributed by atoms with Crippen molar-refractivity contribution >= 4 is 23.5 Å². The third-order valence-corrected chi connectivity index (χ3v) is 13.7. The summed E-state index contributed by atoms with van der Waals surface area (Å²) >= 11 is 0. The summed E-state index contributed by atoms with van der Waals surface area (Å²) in [6.45, 7) is 14.8. The molecule has 1 aromatic carbocycles. The van der Waals surface area contributed by atoms with E-state index >= 15 is 4.79 Å². The third-order valence-electron chi connectivity index (χ3n) is 13.7. The van der Waals surface area contributed by atoms with Gasteiger partial charge in [0.05, 0.1) is 36.2 Å². The molecule has 18 heteroatoms. The number of rotatable bonds is 13. The number of esters is 1. The maximum atomic E-state index is 15.1. The van der Waals surface area contributed by atoms with Gasteiger partial charge in [-0.2, -0.15) is 5.10 Å². The van der Waals surface area contributed by atoms with E-state index in [1.165, 1.54) is 0 Å². The molecule has 3 aliphatic rings.